The second kappa shape index (κ2) is 7.98. The molecule has 0 aromatic carbocycles. The number of alkyl halides is 3. The molecule has 2 atom stereocenters. The van der Waals surface area contributed by atoms with Crippen LogP contribution in [0.5, 0.6) is 11.5 Å². The van der Waals surface area contributed by atoms with Gasteiger partial charge in [0.05, 0.1) is 19.0 Å². The van der Waals surface area contributed by atoms with Crippen LogP contribution in [0, 0.1) is 5.92 Å². The van der Waals surface area contributed by atoms with E-state index >= 15 is 0 Å². The number of nitrogens with zero attached hydrogens (tertiary/aromatic N) is 3. The first-order valence-electron chi connectivity index (χ1n) is 8.72. The second-order valence-electron chi connectivity index (χ2n) is 6.68. The number of rotatable bonds is 6. The molecule has 2 heterocycles. The number of ether oxygens (including phenoxy) is 1. The van der Waals surface area contributed by atoms with Crippen LogP contribution in [0.3, 0.4) is 0 Å². The molecule has 146 valence electrons. The molecule has 6 nitrogen and oxygen atoms in total. The van der Waals surface area contributed by atoms with Crippen molar-refractivity contribution in [3.05, 3.63) is 35.9 Å². The smallest absolute Gasteiger partial charge is 0.408 e. The van der Waals surface area contributed by atoms with Gasteiger partial charge in [-0.05, 0) is 18.9 Å². The average Bonchev–Trinajstić information content (AvgIpc) is 3.06. The number of aromatic hydroxyl groups is 1. The van der Waals surface area contributed by atoms with Crippen molar-refractivity contribution in [3.63, 3.8) is 0 Å². The van der Waals surface area contributed by atoms with E-state index < -0.39 is 12.7 Å². The number of carbonyl (C=O) groups is 1. The predicted octanol–water partition coefficient (Wildman–Crippen LogP) is 3.71. The first-order chi connectivity index (χ1) is 12.9. The molecule has 0 aliphatic heterocycles. The van der Waals surface area contributed by atoms with Crippen molar-refractivity contribution in [3.8, 4) is 11.5 Å². The summed E-state index contributed by atoms with van der Waals surface area (Å²) in [4.78, 5) is 14.9. The van der Waals surface area contributed by atoms with E-state index in [1.807, 2.05) is 0 Å². The Hall–Kier alpha value is -2.58. The van der Waals surface area contributed by atoms with Crippen LogP contribution in [-0.4, -0.2) is 38.9 Å². The van der Waals surface area contributed by atoms with Gasteiger partial charge in [-0.25, -0.2) is 0 Å². The number of hydrogen-bond acceptors (Lipinski definition) is 5. The molecule has 1 fully saturated rings. The van der Waals surface area contributed by atoms with Gasteiger partial charge in [-0.15, -0.1) is 0 Å². The molecule has 2 unspecified atom stereocenters. The van der Waals surface area contributed by atoms with Crippen molar-refractivity contribution < 1.29 is 27.8 Å². The average molecular weight is 383 g/mol. The predicted molar refractivity (Wildman–Crippen MR) is 89.8 cm³/mol. The summed E-state index contributed by atoms with van der Waals surface area (Å²) in [5, 5.41) is 13.5. The Morgan fingerprint density at radius 3 is 2.81 bits per heavy atom. The van der Waals surface area contributed by atoms with E-state index in [-0.39, 0.29) is 35.5 Å². The van der Waals surface area contributed by atoms with Crippen LogP contribution in [0.25, 0.3) is 0 Å². The Morgan fingerprint density at radius 2 is 2.07 bits per heavy atom. The number of carbonyl (C=O) groups excluding carboxylic acids is 1. The molecule has 1 saturated carbocycles. The molecule has 0 bridgehead atoms. The van der Waals surface area contributed by atoms with E-state index in [0.29, 0.717) is 12.0 Å². The number of aromatic nitrogens is 3. The van der Waals surface area contributed by atoms with E-state index in [9.17, 15) is 23.1 Å². The van der Waals surface area contributed by atoms with E-state index in [4.69, 9.17) is 4.74 Å². The van der Waals surface area contributed by atoms with Crippen molar-refractivity contribution >= 4 is 6.29 Å². The van der Waals surface area contributed by atoms with Crippen LogP contribution < -0.4 is 4.74 Å². The van der Waals surface area contributed by atoms with Crippen LogP contribution >= 0.6 is 0 Å². The summed E-state index contributed by atoms with van der Waals surface area (Å²) < 4.78 is 45.1. The highest BCUT2D eigenvalue weighted by Gasteiger charge is 2.34. The first kappa shape index (κ1) is 19.2. The maximum atomic E-state index is 12.8. The standard InChI is InChI=1S/C18H20F3N3O3/c19-18(20,21)11-24-15(5-6-23-24)13-4-2-1-3-12(13)10-27-17-8-22-7-16(26)14(17)9-25/h5-9,12-13,26H,1-4,10-11H2. The minimum absolute atomic E-state index is 0.0134. The van der Waals surface area contributed by atoms with Gasteiger partial charge in [-0.2, -0.15) is 18.3 Å². The molecule has 3 rings (SSSR count). The summed E-state index contributed by atoms with van der Waals surface area (Å²) in [6.07, 6.45) is 3.45. The lowest BCUT2D eigenvalue weighted by molar-refractivity contribution is -0.143. The van der Waals surface area contributed by atoms with Crippen LogP contribution in [0.15, 0.2) is 24.7 Å². The molecule has 27 heavy (non-hydrogen) atoms. The normalized spacial score (nSPS) is 20.4. The SMILES string of the molecule is O=Cc1c(O)cncc1OCC1CCCCC1c1ccnn1CC(F)(F)F. The summed E-state index contributed by atoms with van der Waals surface area (Å²) in [6, 6.07) is 1.63. The van der Waals surface area contributed by atoms with Crippen molar-refractivity contribution in [2.75, 3.05) is 6.61 Å². The fourth-order valence-corrected chi connectivity index (χ4v) is 3.63. The Morgan fingerprint density at radius 1 is 1.30 bits per heavy atom. The van der Waals surface area contributed by atoms with Crippen LogP contribution in [0.4, 0.5) is 13.2 Å². The minimum Gasteiger partial charge on any atom is -0.505 e. The van der Waals surface area contributed by atoms with Crippen molar-refractivity contribution in [2.45, 2.75) is 44.3 Å². The highest BCUT2D eigenvalue weighted by atomic mass is 19.4. The monoisotopic (exact) mass is 383 g/mol. The Kier molecular flexibility index (Phi) is 5.67. The molecule has 0 saturated heterocycles. The Labute approximate surface area is 154 Å². The van der Waals surface area contributed by atoms with Crippen molar-refractivity contribution in [1.82, 2.24) is 14.8 Å². The molecule has 2 aromatic rings. The fourth-order valence-electron chi connectivity index (χ4n) is 3.63. The molecule has 2 aromatic heterocycles. The lowest BCUT2D eigenvalue weighted by Crippen LogP contribution is -2.28. The van der Waals surface area contributed by atoms with Gasteiger partial charge in [0, 0.05) is 23.7 Å². The number of halogens is 3. The molecular formula is C18H20F3N3O3. The van der Waals surface area contributed by atoms with Crippen LogP contribution in [-0.2, 0) is 6.54 Å². The minimum atomic E-state index is -4.34. The van der Waals surface area contributed by atoms with Crippen LogP contribution in [0.2, 0.25) is 0 Å². The first-order valence-corrected chi connectivity index (χ1v) is 8.72. The zero-order chi connectivity index (χ0) is 19.4. The summed E-state index contributed by atoms with van der Waals surface area (Å²) in [5.74, 6) is -0.248. The van der Waals surface area contributed by atoms with E-state index in [0.717, 1.165) is 36.6 Å². The van der Waals surface area contributed by atoms with Gasteiger partial charge in [-0.1, -0.05) is 12.8 Å². The molecule has 1 aliphatic carbocycles. The van der Waals surface area contributed by atoms with Gasteiger partial charge in [0.1, 0.15) is 17.9 Å². The molecule has 0 radical (unpaired) electrons. The van der Waals surface area contributed by atoms with Crippen LogP contribution in [0.1, 0.15) is 47.7 Å². The van der Waals surface area contributed by atoms with Gasteiger partial charge >= 0.3 is 6.18 Å². The molecule has 1 N–H and O–H groups in total. The molecule has 0 spiro atoms. The maximum absolute atomic E-state index is 12.8. The number of aldehydes is 1. The third-order valence-corrected chi connectivity index (χ3v) is 4.87. The van der Waals surface area contributed by atoms with Crippen molar-refractivity contribution in [1.29, 1.82) is 0 Å². The quantitative estimate of drug-likeness (QED) is 0.770. The number of pyridine rings is 1. The largest absolute Gasteiger partial charge is 0.505 e. The summed E-state index contributed by atoms with van der Waals surface area (Å²) in [6.45, 7) is -0.904. The summed E-state index contributed by atoms with van der Waals surface area (Å²) >= 11 is 0. The summed E-state index contributed by atoms with van der Waals surface area (Å²) in [5.41, 5.74) is 0.560. The third kappa shape index (κ3) is 4.58. The van der Waals surface area contributed by atoms with E-state index in [2.05, 4.69) is 10.1 Å². The van der Waals surface area contributed by atoms with Crippen molar-refractivity contribution in [2.24, 2.45) is 5.92 Å². The Bertz CT molecular complexity index is 792. The molecule has 9 heteroatoms. The second-order valence-corrected chi connectivity index (χ2v) is 6.68. The molecule has 1 aliphatic rings. The number of hydrogen-bond donors (Lipinski definition) is 1. The van der Waals surface area contributed by atoms with E-state index in [1.54, 1.807) is 6.07 Å². The van der Waals surface area contributed by atoms with Gasteiger partial charge in [0.2, 0.25) is 0 Å². The van der Waals surface area contributed by atoms with Gasteiger partial charge in [0.25, 0.3) is 0 Å². The zero-order valence-corrected chi connectivity index (χ0v) is 14.5. The van der Waals surface area contributed by atoms with Gasteiger partial charge in [-0.3, -0.25) is 14.5 Å². The lowest BCUT2D eigenvalue weighted by atomic mass is 9.78. The fraction of sp³-hybridized carbons (Fsp3) is 0.500. The maximum Gasteiger partial charge on any atom is 0.408 e. The molecule has 0 amide bonds. The van der Waals surface area contributed by atoms with E-state index in [1.165, 1.54) is 12.4 Å². The third-order valence-electron chi connectivity index (χ3n) is 4.87. The highest BCUT2D eigenvalue weighted by molar-refractivity contribution is 5.82. The van der Waals surface area contributed by atoms with Gasteiger partial charge < -0.3 is 9.84 Å². The Balaban J connectivity index is 1.76. The van der Waals surface area contributed by atoms with Gasteiger partial charge in [0.15, 0.2) is 12.0 Å². The lowest BCUT2D eigenvalue weighted by Gasteiger charge is -2.32. The zero-order valence-electron chi connectivity index (χ0n) is 14.5. The highest BCUT2D eigenvalue weighted by Crippen LogP contribution is 2.39. The molecular weight excluding hydrogens is 363 g/mol. The summed E-state index contributed by atoms with van der Waals surface area (Å²) in [7, 11) is 0. The topological polar surface area (TPSA) is 77.2 Å².